The van der Waals surface area contributed by atoms with Crippen molar-refractivity contribution in [2.24, 2.45) is 0 Å². The fraction of sp³-hybridized carbons (Fsp3) is 0.481. The number of hydrogen-bond acceptors (Lipinski definition) is 4. The molecule has 2 aromatic carbocycles. The molecule has 0 heterocycles. The molecule has 0 saturated heterocycles. The smallest absolute Gasteiger partial charge is 0.242 e. The molecule has 7 nitrogen and oxygen atoms in total. The van der Waals surface area contributed by atoms with Crippen molar-refractivity contribution in [3.05, 3.63) is 64.7 Å². The fourth-order valence-corrected chi connectivity index (χ4v) is 5.68. The molecule has 1 N–H and O–H groups in total. The molecule has 196 valence electrons. The normalized spacial score (nSPS) is 14.9. The molecular weight excluding hydrogens is 498 g/mol. The van der Waals surface area contributed by atoms with Gasteiger partial charge in [0, 0.05) is 30.6 Å². The number of sulfonamides is 1. The zero-order chi connectivity index (χ0) is 26.3. The number of amides is 2. The fourth-order valence-electron chi connectivity index (χ4n) is 4.59. The van der Waals surface area contributed by atoms with Crippen molar-refractivity contribution in [3.8, 4) is 0 Å². The first-order valence-electron chi connectivity index (χ1n) is 12.4. The van der Waals surface area contributed by atoms with Crippen molar-refractivity contribution in [2.75, 3.05) is 17.1 Å². The van der Waals surface area contributed by atoms with E-state index in [1.807, 2.05) is 31.2 Å². The summed E-state index contributed by atoms with van der Waals surface area (Å²) in [5.74, 6) is -0.336. The molecule has 2 amide bonds. The number of hydrogen-bond donors (Lipinski definition) is 1. The summed E-state index contributed by atoms with van der Waals surface area (Å²) < 4.78 is 26.1. The van der Waals surface area contributed by atoms with Crippen molar-refractivity contribution in [1.29, 1.82) is 0 Å². The van der Waals surface area contributed by atoms with Gasteiger partial charge in [-0.05, 0) is 62.9 Å². The molecule has 0 aromatic heterocycles. The third-order valence-electron chi connectivity index (χ3n) is 6.57. The van der Waals surface area contributed by atoms with Crippen LogP contribution in [0.3, 0.4) is 0 Å². The molecule has 3 rings (SSSR count). The third-order valence-corrected chi connectivity index (χ3v) is 8.02. The van der Waals surface area contributed by atoms with Gasteiger partial charge in [0.15, 0.2) is 0 Å². The first-order valence-corrected chi connectivity index (χ1v) is 14.7. The van der Waals surface area contributed by atoms with Crippen molar-refractivity contribution in [1.82, 2.24) is 10.2 Å². The van der Waals surface area contributed by atoms with E-state index in [-0.39, 0.29) is 30.8 Å². The Morgan fingerprint density at radius 3 is 2.39 bits per heavy atom. The molecule has 2 aromatic rings. The number of aryl methyl sites for hydroxylation is 1. The predicted octanol–water partition coefficient (Wildman–Crippen LogP) is 4.67. The van der Waals surface area contributed by atoms with E-state index in [4.69, 9.17) is 11.6 Å². The SMILES string of the molecule is Cc1cccc(CN(C(=O)CCCN(c2ccc(Cl)cc2)S(C)(=O)=O)C(C)C(=O)NC2CCCC2)c1. The van der Waals surface area contributed by atoms with Gasteiger partial charge >= 0.3 is 0 Å². The lowest BCUT2D eigenvalue weighted by molar-refractivity contribution is -0.141. The molecule has 1 saturated carbocycles. The van der Waals surface area contributed by atoms with Crippen LogP contribution >= 0.6 is 11.6 Å². The molecule has 0 spiro atoms. The van der Waals surface area contributed by atoms with Crippen molar-refractivity contribution in [2.45, 2.75) is 71.0 Å². The van der Waals surface area contributed by atoms with Gasteiger partial charge in [0.05, 0.1) is 11.9 Å². The molecule has 0 radical (unpaired) electrons. The molecule has 1 fully saturated rings. The second-order valence-corrected chi connectivity index (χ2v) is 11.9. The number of benzene rings is 2. The van der Waals surface area contributed by atoms with Gasteiger partial charge in [-0.3, -0.25) is 13.9 Å². The van der Waals surface area contributed by atoms with Crippen molar-refractivity contribution < 1.29 is 18.0 Å². The summed E-state index contributed by atoms with van der Waals surface area (Å²) in [6.45, 7) is 4.21. The maximum atomic E-state index is 13.4. The number of carbonyl (C=O) groups excluding carboxylic acids is 2. The molecule has 9 heteroatoms. The number of nitrogens with one attached hydrogen (secondary N) is 1. The van der Waals surface area contributed by atoms with Gasteiger partial charge < -0.3 is 10.2 Å². The van der Waals surface area contributed by atoms with Gasteiger partial charge in [0.2, 0.25) is 21.8 Å². The average Bonchev–Trinajstić information content (AvgIpc) is 3.33. The van der Waals surface area contributed by atoms with Gasteiger partial charge in [-0.25, -0.2) is 8.42 Å². The van der Waals surface area contributed by atoms with Gasteiger partial charge in [0.1, 0.15) is 6.04 Å². The van der Waals surface area contributed by atoms with E-state index in [0.29, 0.717) is 23.7 Å². The summed E-state index contributed by atoms with van der Waals surface area (Å²) in [6.07, 6.45) is 5.73. The molecular formula is C27H36ClN3O4S. The lowest BCUT2D eigenvalue weighted by Gasteiger charge is -2.30. The van der Waals surface area contributed by atoms with E-state index in [1.165, 1.54) is 4.31 Å². The standard InChI is InChI=1S/C27H36ClN3O4S/c1-20-8-6-9-22(18-20)19-30(21(2)27(33)29-24-10-4-5-11-24)26(32)12-7-17-31(36(3,34)35)25-15-13-23(28)14-16-25/h6,8-9,13-16,18,21,24H,4-5,7,10-12,17,19H2,1-3H3,(H,29,33). The second-order valence-electron chi connectivity index (χ2n) is 9.59. The molecule has 1 unspecified atom stereocenters. The molecule has 1 aliphatic rings. The van der Waals surface area contributed by atoms with Crippen LogP contribution in [0, 0.1) is 6.92 Å². The topological polar surface area (TPSA) is 86.8 Å². The monoisotopic (exact) mass is 533 g/mol. The number of rotatable bonds is 11. The number of nitrogens with zero attached hydrogens (tertiary/aromatic N) is 2. The van der Waals surface area contributed by atoms with Crippen LogP contribution in [0.5, 0.6) is 0 Å². The summed E-state index contributed by atoms with van der Waals surface area (Å²) in [4.78, 5) is 28.0. The molecule has 0 aliphatic heterocycles. The quantitative estimate of drug-likeness (QED) is 0.454. The highest BCUT2D eigenvalue weighted by Gasteiger charge is 2.28. The van der Waals surface area contributed by atoms with Crippen LogP contribution in [-0.2, 0) is 26.2 Å². The summed E-state index contributed by atoms with van der Waals surface area (Å²) >= 11 is 5.95. The largest absolute Gasteiger partial charge is 0.352 e. The van der Waals surface area contributed by atoms with Crippen LogP contribution < -0.4 is 9.62 Å². The van der Waals surface area contributed by atoms with Crippen LogP contribution in [0.2, 0.25) is 5.02 Å². The van der Waals surface area contributed by atoms with Gasteiger partial charge in [-0.2, -0.15) is 0 Å². The Kier molecular flexibility index (Phi) is 9.79. The first kappa shape index (κ1) is 28.0. The van der Waals surface area contributed by atoms with Crippen LogP contribution in [0.25, 0.3) is 0 Å². The Morgan fingerprint density at radius 1 is 1.11 bits per heavy atom. The number of halogens is 1. The Labute approximate surface area is 219 Å². The zero-order valence-electron chi connectivity index (χ0n) is 21.2. The minimum Gasteiger partial charge on any atom is -0.352 e. The zero-order valence-corrected chi connectivity index (χ0v) is 22.8. The van der Waals surface area contributed by atoms with E-state index in [1.54, 1.807) is 36.1 Å². The van der Waals surface area contributed by atoms with Gasteiger partial charge in [-0.1, -0.05) is 54.3 Å². The first-order chi connectivity index (χ1) is 17.0. The summed E-state index contributed by atoms with van der Waals surface area (Å²) in [5.41, 5.74) is 2.52. The van der Waals surface area contributed by atoms with E-state index in [9.17, 15) is 18.0 Å². The lowest BCUT2D eigenvalue weighted by atomic mass is 10.1. The summed E-state index contributed by atoms with van der Waals surface area (Å²) in [5, 5.41) is 3.61. The number of carbonyl (C=O) groups is 2. The van der Waals surface area contributed by atoms with Crippen LogP contribution in [0.15, 0.2) is 48.5 Å². The van der Waals surface area contributed by atoms with E-state index in [2.05, 4.69) is 5.32 Å². The highest BCUT2D eigenvalue weighted by atomic mass is 35.5. The van der Waals surface area contributed by atoms with Crippen molar-refractivity contribution in [3.63, 3.8) is 0 Å². The Hall–Kier alpha value is -2.58. The van der Waals surface area contributed by atoms with Crippen molar-refractivity contribution >= 4 is 39.1 Å². The minimum absolute atomic E-state index is 0.118. The van der Waals surface area contributed by atoms with Gasteiger partial charge in [-0.15, -0.1) is 0 Å². The Morgan fingerprint density at radius 2 is 1.78 bits per heavy atom. The second kappa shape index (κ2) is 12.6. The van der Waals surface area contributed by atoms with Crippen LogP contribution in [-0.4, -0.2) is 50.0 Å². The lowest BCUT2D eigenvalue weighted by Crippen LogP contribution is -2.49. The Balaban J connectivity index is 1.71. The Bertz CT molecular complexity index is 1150. The third kappa shape index (κ3) is 7.96. The van der Waals surface area contributed by atoms with Crippen LogP contribution in [0.1, 0.15) is 56.6 Å². The highest BCUT2D eigenvalue weighted by Crippen LogP contribution is 2.22. The average molecular weight is 534 g/mol. The maximum Gasteiger partial charge on any atom is 0.242 e. The highest BCUT2D eigenvalue weighted by molar-refractivity contribution is 7.92. The molecule has 0 bridgehead atoms. The molecule has 1 atom stereocenters. The predicted molar refractivity (Wildman–Crippen MR) is 144 cm³/mol. The van der Waals surface area contributed by atoms with Crippen LogP contribution in [0.4, 0.5) is 5.69 Å². The summed E-state index contributed by atoms with van der Waals surface area (Å²) in [6, 6.07) is 14.0. The number of anilines is 1. The minimum atomic E-state index is -3.54. The van der Waals surface area contributed by atoms with E-state index >= 15 is 0 Å². The summed E-state index contributed by atoms with van der Waals surface area (Å²) in [7, 11) is -3.54. The van der Waals surface area contributed by atoms with Gasteiger partial charge in [0.25, 0.3) is 0 Å². The van der Waals surface area contributed by atoms with E-state index < -0.39 is 16.1 Å². The maximum absolute atomic E-state index is 13.4. The van der Waals surface area contributed by atoms with E-state index in [0.717, 1.165) is 43.1 Å². The molecule has 1 aliphatic carbocycles. The molecule has 36 heavy (non-hydrogen) atoms.